The second-order valence-electron chi connectivity index (χ2n) is 4.52. The van der Waals surface area contributed by atoms with E-state index in [-0.39, 0.29) is 5.75 Å². The second-order valence-corrected chi connectivity index (χ2v) is 5.94. The van der Waals surface area contributed by atoms with Gasteiger partial charge in [0.15, 0.2) is 0 Å². The van der Waals surface area contributed by atoms with E-state index < -0.39 is 22.5 Å². The van der Waals surface area contributed by atoms with Gasteiger partial charge in [-0.05, 0) is 42.8 Å². The summed E-state index contributed by atoms with van der Waals surface area (Å²) in [5.74, 6) is -1.10. The predicted molar refractivity (Wildman–Crippen MR) is 81.9 cm³/mol. The molecule has 0 radical (unpaired) electrons. The number of carbonyl (C=O) groups is 1. The van der Waals surface area contributed by atoms with Gasteiger partial charge in [0, 0.05) is 16.3 Å². The summed E-state index contributed by atoms with van der Waals surface area (Å²) in [6.45, 7) is 1.76. The van der Waals surface area contributed by atoms with Gasteiger partial charge < -0.3 is 11.1 Å². The van der Waals surface area contributed by atoms with Gasteiger partial charge in [-0.3, -0.25) is 9.00 Å². The minimum atomic E-state index is -1.50. The van der Waals surface area contributed by atoms with Crippen LogP contribution >= 0.6 is 0 Å². The van der Waals surface area contributed by atoms with E-state index in [1.54, 1.807) is 31.2 Å². The van der Waals surface area contributed by atoms with Crippen LogP contribution in [0.3, 0.4) is 0 Å². The van der Waals surface area contributed by atoms with E-state index in [2.05, 4.69) is 5.32 Å². The Balaban J connectivity index is 2.06. The Morgan fingerprint density at radius 1 is 1.29 bits per heavy atom. The van der Waals surface area contributed by atoms with Gasteiger partial charge >= 0.3 is 0 Å². The van der Waals surface area contributed by atoms with Crippen molar-refractivity contribution in [3.8, 4) is 0 Å². The maximum atomic E-state index is 13.0. The van der Waals surface area contributed by atoms with Gasteiger partial charge in [0.1, 0.15) is 11.6 Å². The highest BCUT2D eigenvalue weighted by Crippen LogP contribution is 2.19. The molecule has 0 saturated carbocycles. The Labute approximate surface area is 124 Å². The largest absolute Gasteiger partial charge is 0.398 e. The molecule has 1 atom stereocenters. The summed E-state index contributed by atoms with van der Waals surface area (Å²) in [6.07, 6.45) is 0. The summed E-state index contributed by atoms with van der Waals surface area (Å²) in [7, 11) is -1.50. The number of anilines is 2. The smallest absolute Gasteiger partial charge is 0.237 e. The number of benzene rings is 2. The molecule has 21 heavy (non-hydrogen) atoms. The summed E-state index contributed by atoms with van der Waals surface area (Å²) in [4.78, 5) is 12.4. The number of halogens is 1. The standard InChI is InChI=1S/C15H15FN2O2S/c1-10-13(17)6-3-7-14(10)21(20)9-15(19)18-12-5-2-4-11(16)8-12/h2-8H,9,17H2,1H3,(H,18,19). The molecule has 0 aromatic heterocycles. The third kappa shape index (κ3) is 3.88. The molecule has 0 spiro atoms. The Kier molecular flexibility index (Phi) is 4.70. The van der Waals surface area contributed by atoms with Crippen LogP contribution in [-0.2, 0) is 15.6 Å². The van der Waals surface area contributed by atoms with Crippen LogP contribution in [0.4, 0.5) is 15.8 Å². The number of nitrogens with one attached hydrogen (secondary N) is 1. The Hall–Kier alpha value is -2.21. The van der Waals surface area contributed by atoms with Crippen molar-refractivity contribution in [3.05, 3.63) is 53.8 Å². The molecule has 6 heteroatoms. The van der Waals surface area contributed by atoms with E-state index in [0.29, 0.717) is 21.8 Å². The average Bonchev–Trinajstić information content (AvgIpc) is 2.41. The minimum Gasteiger partial charge on any atom is -0.398 e. The summed E-state index contributed by atoms with van der Waals surface area (Å²) in [5, 5.41) is 2.51. The minimum absolute atomic E-state index is 0.208. The zero-order chi connectivity index (χ0) is 15.4. The van der Waals surface area contributed by atoms with Gasteiger partial charge in [-0.1, -0.05) is 12.1 Å². The van der Waals surface area contributed by atoms with Crippen LogP contribution in [0.25, 0.3) is 0 Å². The first-order valence-electron chi connectivity index (χ1n) is 6.26. The van der Waals surface area contributed by atoms with Crippen LogP contribution in [0.5, 0.6) is 0 Å². The molecule has 2 rings (SSSR count). The van der Waals surface area contributed by atoms with E-state index in [1.807, 2.05) is 0 Å². The zero-order valence-corrected chi connectivity index (χ0v) is 12.2. The van der Waals surface area contributed by atoms with Crippen molar-refractivity contribution in [2.75, 3.05) is 16.8 Å². The highest BCUT2D eigenvalue weighted by atomic mass is 32.2. The number of nitrogens with two attached hydrogens (primary N) is 1. The van der Waals surface area contributed by atoms with Crippen LogP contribution in [0.1, 0.15) is 5.56 Å². The first-order chi connectivity index (χ1) is 9.97. The van der Waals surface area contributed by atoms with E-state index in [1.165, 1.54) is 18.2 Å². The lowest BCUT2D eigenvalue weighted by atomic mass is 10.2. The molecule has 110 valence electrons. The molecule has 3 N–H and O–H groups in total. The fraction of sp³-hybridized carbons (Fsp3) is 0.133. The van der Waals surface area contributed by atoms with Crippen molar-refractivity contribution >= 4 is 28.1 Å². The lowest BCUT2D eigenvalue weighted by Crippen LogP contribution is -2.20. The molecule has 2 aromatic carbocycles. The number of rotatable bonds is 4. The predicted octanol–water partition coefficient (Wildman–Crippen LogP) is 2.46. The molecule has 0 aliphatic heterocycles. The lowest BCUT2D eigenvalue weighted by molar-refractivity contribution is -0.113. The van der Waals surface area contributed by atoms with Gasteiger partial charge in [-0.15, -0.1) is 0 Å². The van der Waals surface area contributed by atoms with Crippen LogP contribution in [-0.4, -0.2) is 15.9 Å². The third-order valence-electron chi connectivity index (χ3n) is 2.94. The van der Waals surface area contributed by atoms with Crippen molar-refractivity contribution in [1.29, 1.82) is 0 Å². The van der Waals surface area contributed by atoms with Crippen molar-refractivity contribution < 1.29 is 13.4 Å². The highest BCUT2D eigenvalue weighted by molar-refractivity contribution is 7.85. The quantitative estimate of drug-likeness (QED) is 0.852. The fourth-order valence-corrected chi connectivity index (χ4v) is 2.99. The van der Waals surface area contributed by atoms with Crippen molar-refractivity contribution in [2.45, 2.75) is 11.8 Å². The molecule has 4 nitrogen and oxygen atoms in total. The number of hydrogen-bond acceptors (Lipinski definition) is 3. The fourth-order valence-electron chi connectivity index (χ4n) is 1.84. The lowest BCUT2D eigenvalue weighted by Gasteiger charge is -2.09. The average molecular weight is 306 g/mol. The molecular formula is C15H15FN2O2S. The van der Waals surface area contributed by atoms with Crippen molar-refractivity contribution in [3.63, 3.8) is 0 Å². The number of nitrogen functional groups attached to an aromatic ring is 1. The Morgan fingerprint density at radius 3 is 2.71 bits per heavy atom. The number of amides is 1. The molecule has 1 unspecified atom stereocenters. The third-order valence-corrected chi connectivity index (χ3v) is 4.40. The van der Waals surface area contributed by atoms with Gasteiger partial charge in [-0.2, -0.15) is 0 Å². The van der Waals surface area contributed by atoms with Crippen LogP contribution < -0.4 is 11.1 Å². The van der Waals surface area contributed by atoms with Crippen molar-refractivity contribution in [2.24, 2.45) is 0 Å². The van der Waals surface area contributed by atoms with Crippen molar-refractivity contribution in [1.82, 2.24) is 0 Å². The molecule has 0 heterocycles. The van der Waals surface area contributed by atoms with E-state index >= 15 is 0 Å². The molecule has 0 saturated heterocycles. The molecule has 0 bridgehead atoms. The first kappa shape index (κ1) is 15.2. The van der Waals surface area contributed by atoms with E-state index in [4.69, 9.17) is 5.73 Å². The summed E-state index contributed by atoms with van der Waals surface area (Å²) < 4.78 is 25.2. The highest BCUT2D eigenvalue weighted by Gasteiger charge is 2.13. The summed E-state index contributed by atoms with van der Waals surface area (Å²) >= 11 is 0. The van der Waals surface area contributed by atoms with Crippen LogP contribution in [0.2, 0.25) is 0 Å². The Morgan fingerprint density at radius 2 is 2.00 bits per heavy atom. The number of hydrogen-bond donors (Lipinski definition) is 2. The van der Waals surface area contributed by atoms with E-state index in [9.17, 15) is 13.4 Å². The van der Waals surface area contributed by atoms with Gasteiger partial charge in [-0.25, -0.2) is 4.39 Å². The summed E-state index contributed by atoms with van der Waals surface area (Å²) in [6, 6.07) is 10.6. The van der Waals surface area contributed by atoms with Gasteiger partial charge in [0.2, 0.25) is 5.91 Å². The van der Waals surface area contributed by atoms with Crippen LogP contribution in [0.15, 0.2) is 47.4 Å². The first-order valence-corrected chi connectivity index (χ1v) is 7.58. The maximum absolute atomic E-state index is 13.0. The SMILES string of the molecule is Cc1c(N)cccc1S(=O)CC(=O)Nc1cccc(F)c1. The topological polar surface area (TPSA) is 72.2 Å². The molecule has 0 aliphatic carbocycles. The molecule has 2 aromatic rings. The van der Waals surface area contributed by atoms with Crippen LogP contribution in [0, 0.1) is 12.7 Å². The molecule has 0 fully saturated rings. The van der Waals surface area contributed by atoms with Gasteiger partial charge in [0.05, 0.1) is 10.8 Å². The normalized spacial score (nSPS) is 11.9. The van der Waals surface area contributed by atoms with Gasteiger partial charge in [0.25, 0.3) is 0 Å². The zero-order valence-electron chi connectivity index (χ0n) is 11.4. The number of carbonyl (C=O) groups excluding carboxylic acids is 1. The maximum Gasteiger partial charge on any atom is 0.237 e. The Bertz CT molecular complexity index is 704. The van der Waals surface area contributed by atoms with E-state index in [0.717, 1.165) is 0 Å². The second kappa shape index (κ2) is 6.49. The monoisotopic (exact) mass is 306 g/mol. The molecule has 0 aliphatic rings. The molecular weight excluding hydrogens is 291 g/mol. The summed E-state index contributed by atoms with van der Waals surface area (Å²) in [5.41, 5.74) is 7.32. The molecule has 1 amide bonds.